The summed E-state index contributed by atoms with van der Waals surface area (Å²) in [5.41, 5.74) is 3.32. The molecule has 0 unspecified atom stereocenters. The van der Waals surface area contributed by atoms with E-state index in [9.17, 15) is 4.79 Å². The van der Waals surface area contributed by atoms with E-state index in [-0.39, 0.29) is 6.03 Å². The maximum atomic E-state index is 12.0. The van der Waals surface area contributed by atoms with Crippen molar-refractivity contribution in [1.82, 2.24) is 20.8 Å². The fourth-order valence-electron chi connectivity index (χ4n) is 2.81. The first kappa shape index (κ1) is 17.3. The van der Waals surface area contributed by atoms with Crippen LogP contribution >= 0.6 is 11.6 Å². The zero-order valence-electron chi connectivity index (χ0n) is 14.1. The van der Waals surface area contributed by atoms with Crippen LogP contribution < -0.4 is 10.6 Å². The predicted molar refractivity (Wildman–Crippen MR) is 101 cm³/mol. The Labute approximate surface area is 151 Å². The van der Waals surface area contributed by atoms with Gasteiger partial charge in [-0.2, -0.15) is 5.10 Å². The summed E-state index contributed by atoms with van der Waals surface area (Å²) >= 11 is 6.08. The highest BCUT2D eigenvalue weighted by atomic mass is 35.5. The van der Waals surface area contributed by atoms with Crippen molar-refractivity contribution < 1.29 is 4.79 Å². The lowest BCUT2D eigenvalue weighted by molar-refractivity contribution is 0.240. The molecule has 0 saturated carbocycles. The molecule has 0 atom stereocenters. The molecule has 0 radical (unpaired) electrons. The van der Waals surface area contributed by atoms with Gasteiger partial charge >= 0.3 is 6.03 Å². The van der Waals surface area contributed by atoms with E-state index in [4.69, 9.17) is 11.6 Å². The predicted octanol–water partition coefficient (Wildman–Crippen LogP) is 3.96. The molecule has 25 heavy (non-hydrogen) atoms. The third-order valence-corrected chi connectivity index (χ3v) is 4.45. The third kappa shape index (κ3) is 4.51. The van der Waals surface area contributed by atoms with Gasteiger partial charge in [-0.25, -0.2) is 4.79 Å². The van der Waals surface area contributed by atoms with Crippen LogP contribution in [0.4, 0.5) is 4.79 Å². The molecule has 6 heteroatoms. The highest BCUT2D eigenvalue weighted by molar-refractivity contribution is 6.31. The highest BCUT2D eigenvalue weighted by Gasteiger charge is 2.05. The molecule has 1 heterocycles. The molecule has 3 rings (SSSR count). The van der Waals surface area contributed by atoms with Gasteiger partial charge in [-0.05, 0) is 53.8 Å². The smallest absolute Gasteiger partial charge is 0.315 e. The van der Waals surface area contributed by atoms with E-state index in [0.717, 1.165) is 34.9 Å². The van der Waals surface area contributed by atoms with E-state index < -0.39 is 0 Å². The van der Waals surface area contributed by atoms with Gasteiger partial charge in [-0.15, -0.1) is 0 Å². The second kappa shape index (κ2) is 8.03. The Kier molecular flexibility index (Phi) is 5.56. The Morgan fingerprint density at radius 1 is 1.20 bits per heavy atom. The van der Waals surface area contributed by atoms with Crippen LogP contribution in [-0.2, 0) is 13.0 Å². The minimum absolute atomic E-state index is 0.164. The molecule has 2 aromatic carbocycles. The van der Waals surface area contributed by atoms with Crippen molar-refractivity contribution in [2.45, 2.75) is 26.3 Å². The number of fused-ring (bicyclic) bond motifs is 1. The number of carbonyl (C=O) groups is 1. The molecule has 2 amide bonds. The number of halogens is 1. The Hall–Kier alpha value is -2.53. The second-order valence-corrected chi connectivity index (χ2v) is 6.45. The normalized spacial score (nSPS) is 10.8. The van der Waals surface area contributed by atoms with Crippen LogP contribution in [0.2, 0.25) is 5.02 Å². The molecule has 0 aliphatic heterocycles. The molecule has 5 nitrogen and oxygen atoms in total. The quantitative estimate of drug-likeness (QED) is 0.585. The first-order valence-electron chi connectivity index (χ1n) is 8.31. The van der Waals surface area contributed by atoms with E-state index in [1.54, 1.807) is 0 Å². The van der Waals surface area contributed by atoms with Gasteiger partial charge in [0.15, 0.2) is 0 Å². The van der Waals surface area contributed by atoms with Gasteiger partial charge in [0.05, 0.1) is 6.20 Å². The Bertz CT molecular complexity index is 875. The standard InChI is InChI=1S/C19H21ClN4O/c1-13-15(12-23-24-13)6-3-9-21-19(25)22-11-16-5-2-4-14-7-8-17(20)10-18(14)16/h2,4-5,7-8,10,12H,3,6,9,11H2,1H3,(H,23,24)(H2,21,22,25). The molecular weight excluding hydrogens is 336 g/mol. The Morgan fingerprint density at radius 2 is 2.08 bits per heavy atom. The molecule has 3 aromatic rings. The number of urea groups is 1. The number of amides is 2. The second-order valence-electron chi connectivity index (χ2n) is 6.02. The lowest BCUT2D eigenvalue weighted by atomic mass is 10.0. The van der Waals surface area contributed by atoms with Gasteiger partial charge in [0.25, 0.3) is 0 Å². The summed E-state index contributed by atoms with van der Waals surface area (Å²) in [5.74, 6) is 0. The first-order valence-corrected chi connectivity index (χ1v) is 8.69. The van der Waals surface area contributed by atoms with Gasteiger partial charge in [0.2, 0.25) is 0 Å². The maximum absolute atomic E-state index is 12.0. The molecular formula is C19H21ClN4O. The van der Waals surface area contributed by atoms with Crippen molar-refractivity contribution in [3.05, 3.63) is 64.4 Å². The first-order chi connectivity index (χ1) is 12.1. The number of aromatic amines is 1. The average molecular weight is 357 g/mol. The topological polar surface area (TPSA) is 69.8 Å². The van der Waals surface area contributed by atoms with Gasteiger partial charge < -0.3 is 10.6 Å². The monoisotopic (exact) mass is 356 g/mol. The van der Waals surface area contributed by atoms with Crippen molar-refractivity contribution in [2.75, 3.05) is 6.54 Å². The molecule has 0 fully saturated rings. The molecule has 1 aromatic heterocycles. The van der Waals surface area contributed by atoms with Gasteiger partial charge in [0, 0.05) is 23.8 Å². The number of hydrogen-bond acceptors (Lipinski definition) is 2. The van der Waals surface area contributed by atoms with Gasteiger partial charge in [0.1, 0.15) is 0 Å². The molecule has 3 N–H and O–H groups in total. The van der Waals surface area contributed by atoms with Crippen molar-refractivity contribution in [3.8, 4) is 0 Å². The number of hydrogen-bond donors (Lipinski definition) is 3. The van der Waals surface area contributed by atoms with E-state index in [1.807, 2.05) is 49.5 Å². The number of nitrogens with zero attached hydrogens (tertiary/aromatic N) is 1. The lowest BCUT2D eigenvalue weighted by Gasteiger charge is -2.10. The summed E-state index contributed by atoms with van der Waals surface area (Å²) in [7, 11) is 0. The van der Waals surface area contributed by atoms with Crippen molar-refractivity contribution in [1.29, 1.82) is 0 Å². The third-order valence-electron chi connectivity index (χ3n) is 4.22. The molecule has 130 valence electrons. The van der Waals surface area contributed by atoms with E-state index in [0.29, 0.717) is 18.1 Å². The Morgan fingerprint density at radius 3 is 2.88 bits per heavy atom. The number of carbonyl (C=O) groups excluding carboxylic acids is 1. The summed E-state index contributed by atoms with van der Waals surface area (Å²) in [5, 5.41) is 15.6. The minimum Gasteiger partial charge on any atom is -0.338 e. The van der Waals surface area contributed by atoms with E-state index >= 15 is 0 Å². The SMILES string of the molecule is Cc1[nH]ncc1CCCNC(=O)NCc1cccc2ccc(Cl)cc12. The summed E-state index contributed by atoms with van der Waals surface area (Å²) < 4.78 is 0. The van der Waals surface area contributed by atoms with Crippen LogP contribution in [0.25, 0.3) is 10.8 Å². The summed E-state index contributed by atoms with van der Waals surface area (Å²) in [6.45, 7) is 3.08. The van der Waals surface area contributed by atoms with Gasteiger partial charge in [-0.3, -0.25) is 5.10 Å². The number of rotatable bonds is 6. The maximum Gasteiger partial charge on any atom is 0.315 e. The average Bonchev–Trinajstić information content (AvgIpc) is 3.02. The highest BCUT2D eigenvalue weighted by Crippen LogP contribution is 2.22. The van der Waals surface area contributed by atoms with Crippen molar-refractivity contribution in [3.63, 3.8) is 0 Å². The van der Waals surface area contributed by atoms with Crippen LogP contribution in [-0.4, -0.2) is 22.8 Å². The van der Waals surface area contributed by atoms with E-state index in [2.05, 4.69) is 20.8 Å². The fourth-order valence-corrected chi connectivity index (χ4v) is 2.98. The molecule has 0 aliphatic carbocycles. The van der Waals surface area contributed by atoms with Crippen LogP contribution in [0.15, 0.2) is 42.6 Å². The number of H-pyrrole nitrogens is 1. The molecule has 0 saturated heterocycles. The lowest BCUT2D eigenvalue weighted by Crippen LogP contribution is -2.35. The molecule has 0 spiro atoms. The minimum atomic E-state index is -0.164. The summed E-state index contributed by atoms with van der Waals surface area (Å²) in [4.78, 5) is 12.0. The largest absolute Gasteiger partial charge is 0.338 e. The Balaban J connectivity index is 1.48. The van der Waals surface area contributed by atoms with Crippen LogP contribution in [0.3, 0.4) is 0 Å². The zero-order chi connectivity index (χ0) is 17.6. The number of nitrogens with one attached hydrogen (secondary N) is 3. The number of aryl methyl sites for hydroxylation is 2. The fraction of sp³-hybridized carbons (Fsp3) is 0.263. The van der Waals surface area contributed by atoms with Crippen LogP contribution in [0, 0.1) is 6.92 Å². The van der Waals surface area contributed by atoms with Crippen LogP contribution in [0.5, 0.6) is 0 Å². The number of aromatic nitrogens is 2. The summed E-state index contributed by atoms with van der Waals surface area (Å²) in [6.07, 6.45) is 3.60. The van der Waals surface area contributed by atoms with Crippen molar-refractivity contribution in [2.24, 2.45) is 0 Å². The zero-order valence-corrected chi connectivity index (χ0v) is 14.9. The van der Waals surface area contributed by atoms with Gasteiger partial charge in [-0.1, -0.05) is 35.9 Å². The summed E-state index contributed by atoms with van der Waals surface area (Å²) in [6, 6.07) is 11.6. The number of benzene rings is 2. The van der Waals surface area contributed by atoms with Crippen LogP contribution in [0.1, 0.15) is 23.2 Å². The van der Waals surface area contributed by atoms with E-state index in [1.165, 1.54) is 5.56 Å². The molecule has 0 aliphatic rings. The van der Waals surface area contributed by atoms with Crippen molar-refractivity contribution >= 4 is 28.4 Å². The molecule has 0 bridgehead atoms.